The first-order valence-electron chi connectivity index (χ1n) is 2.84. The normalized spacial score (nSPS) is 54.0. The van der Waals surface area contributed by atoms with Crippen molar-refractivity contribution in [3.63, 3.8) is 0 Å². The molecule has 2 aliphatic heterocycles. The number of rotatable bonds is 0. The Morgan fingerprint density at radius 3 is 2.25 bits per heavy atom. The first kappa shape index (κ1) is 4.68. The number of hydrogen-bond acceptors (Lipinski definition) is 1. The number of nitrogens with zero attached hydrogens (tertiary/aromatic N) is 1. The van der Waals surface area contributed by atoms with Crippen LogP contribution in [0.4, 0.5) is 8.78 Å². The topological polar surface area (TPSA) is 3.24 Å². The molecule has 2 saturated heterocycles. The maximum atomic E-state index is 12.2. The zero-order valence-corrected chi connectivity index (χ0v) is 4.35. The Morgan fingerprint density at radius 1 is 1.38 bits per heavy atom. The Balaban J connectivity index is 2.03. The minimum absolute atomic E-state index is 0.0509. The van der Waals surface area contributed by atoms with E-state index in [1.54, 1.807) is 4.90 Å². The average molecular weight is 119 g/mol. The molecule has 0 saturated carbocycles. The van der Waals surface area contributed by atoms with Crippen molar-refractivity contribution in [3.8, 4) is 0 Å². The largest absolute Gasteiger partial charge is 0.265 e. The van der Waals surface area contributed by atoms with Crippen molar-refractivity contribution in [2.24, 2.45) is 0 Å². The van der Waals surface area contributed by atoms with Gasteiger partial charge in [-0.05, 0) is 6.42 Å². The lowest BCUT2D eigenvalue weighted by Gasteiger charge is -2.54. The van der Waals surface area contributed by atoms with Crippen LogP contribution in [0, 0.1) is 0 Å². The lowest BCUT2D eigenvalue weighted by Crippen LogP contribution is -2.71. The minimum Gasteiger partial charge on any atom is -0.265 e. The van der Waals surface area contributed by atoms with Gasteiger partial charge in [0.2, 0.25) is 0 Å². The Labute approximate surface area is 46.3 Å². The number of halogens is 2. The maximum Gasteiger partial charge on any atom is 0.186 e. The first-order valence-corrected chi connectivity index (χ1v) is 2.84. The van der Waals surface area contributed by atoms with Crippen LogP contribution in [0.25, 0.3) is 0 Å². The van der Waals surface area contributed by atoms with Crippen LogP contribution in [-0.4, -0.2) is 30.0 Å². The molecular formula is C5H7F2N. The highest BCUT2D eigenvalue weighted by molar-refractivity contribution is 5.03. The molecule has 2 aliphatic rings. The number of hydrogen-bond donors (Lipinski definition) is 0. The summed E-state index contributed by atoms with van der Waals surface area (Å²) in [5, 5.41) is 0. The van der Waals surface area contributed by atoms with Gasteiger partial charge in [0, 0.05) is 12.6 Å². The second-order valence-corrected chi connectivity index (χ2v) is 2.41. The van der Waals surface area contributed by atoms with Crippen molar-refractivity contribution in [3.05, 3.63) is 0 Å². The number of fused-ring (bicyclic) bond motifs is 1. The zero-order valence-electron chi connectivity index (χ0n) is 4.35. The Hall–Kier alpha value is -0.180. The van der Waals surface area contributed by atoms with Gasteiger partial charge in [0.05, 0.1) is 0 Å². The molecule has 0 aliphatic carbocycles. The zero-order chi connectivity index (χ0) is 5.72. The predicted octanol–water partition coefficient (Wildman–Crippen LogP) is 0.708. The minimum atomic E-state index is -1.27. The molecule has 1 nitrogen and oxygen atoms in total. The maximum absolute atomic E-state index is 12.2. The van der Waals surface area contributed by atoms with E-state index in [-0.39, 0.29) is 6.04 Å². The van der Waals surface area contributed by atoms with Crippen LogP contribution in [0.2, 0.25) is 0 Å². The molecule has 3 unspecified atom stereocenters. The second kappa shape index (κ2) is 1.21. The van der Waals surface area contributed by atoms with E-state index in [4.69, 9.17) is 0 Å². The van der Waals surface area contributed by atoms with E-state index < -0.39 is 12.5 Å². The lowest BCUT2D eigenvalue weighted by atomic mass is 9.87. The molecule has 3 heteroatoms. The first-order chi connectivity index (χ1) is 3.80. The van der Waals surface area contributed by atoms with E-state index in [9.17, 15) is 8.78 Å². The van der Waals surface area contributed by atoms with Gasteiger partial charge in [-0.25, -0.2) is 8.78 Å². The van der Waals surface area contributed by atoms with Gasteiger partial charge in [-0.15, -0.1) is 0 Å². The molecule has 0 amide bonds. The van der Waals surface area contributed by atoms with Gasteiger partial charge >= 0.3 is 0 Å². The van der Waals surface area contributed by atoms with Gasteiger partial charge in [0.25, 0.3) is 0 Å². The van der Waals surface area contributed by atoms with E-state index in [1.807, 2.05) is 0 Å². The van der Waals surface area contributed by atoms with Crippen LogP contribution in [0.15, 0.2) is 0 Å². The van der Waals surface area contributed by atoms with Crippen molar-refractivity contribution in [1.29, 1.82) is 0 Å². The molecule has 0 spiro atoms. The fraction of sp³-hybridized carbons (Fsp3) is 1.00. The molecule has 0 N–H and O–H groups in total. The summed E-state index contributed by atoms with van der Waals surface area (Å²) in [6.45, 7) is 0.756. The van der Waals surface area contributed by atoms with E-state index in [0.29, 0.717) is 0 Å². The van der Waals surface area contributed by atoms with Crippen LogP contribution in [0.1, 0.15) is 6.42 Å². The summed E-state index contributed by atoms with van der Waals surface area (Å²) in [7, 11) is 0. The molecule has 0 aromatic rings. The molecule has 46 valence electrons. The summed E-state index contributed by atoms with van der Waals surface area (Å²) in [4.78, 5) is 1.55. The molecule has 2 heterocycles. The summed E-state index contributed by atoms with van der Waals surface area (Å²) in [6, 6.07) is -0.0509. The summed E-state index contributed by atoms with van der Waals surface area (Å²) < 4.78 is 24.3. The Bertz CT molecular complexity index is 91.0. The van der Waals surface area contributed by atoms with Crippen LogP contribution in [-0.2, 0) is 0 Å². The van der Waals surface area contributed by atoms with Gasteiger partial charge in [-0.2, -0.15) is 0 Å². The molecule has 0 aromatic heterocycles. The second-order valence-electron chi connectivity index (χ2n) is 2.41. The predicted molar refractivity (Wildman–Crippen MR) is 24.9 cm³/mol. The third-order valence-electron chi connectivity index (χ3n) is 2.06. The van der Waals surface area contributed by atoms with Crippen molar-refractivity contribution in [1.82, 2.24) is 4.90 Å². The van der Waals surface area contributed by atoms with Crippen molar-refractivity contribution in [2.45, 2.75) is 24.9 Å². The van der Waals surface area contributed by atoms with Crippen LogP contribution in [0.5, 0.6) is 0 Å². The quantitative estimate of drug-likeness (QED) is 0.424. The number of alkyl halides is 2. The van der Waals surface area contributed by atoms with Crippen molar-refractivity contribution >= 4 is 0 Å². The van der Waals surface area contributed by atoms with Crippen molar-refractivity contribution < 1.29 is 8.78 Å². The molecule has 8 heavy (non-hydrogen) atoms. The summed E-state index contributed by atoms with van der Waals surface area (Å²) in [6.07, 6.45) is -1.60. The molecule has 2 rings (SSSR count). The fourth-order valence-electron chi connectivity index (χ4n) is 1.34. The van der Waals surface area contributed by atoms with Gasteiger partial charge in [-0.3, -0.25) is 4.90 Å². The number of piperidine rings is 1. The van der Waals surface area contributed by atoms with E-state index in [0.717, 1.165) is 13.0 Å². The fourth-order valence-corrected chi connectivity index (χ4v) is 1.34. The van der Waals surface area contributed by atoms with Gasteiger partial charge in [-0.1, -0.05) is 0 Å². The molecule has 0 aromatic carbocycles. The van der Waals surface area contributed by atoms with E-state index in [2.05, 4.69) is 0 Å². The summed E-state index contributed by atoms with van der Waals surface area (Å²) >= 11 is 0. The average Bonchev–Trinajstić information content (AvgIpc) is 1.64. The SMILES string of the molecule is FC1C(F)N2CCC12. The van der Waals surface area contributed by atoms with Gasteiger partial charge < -0.3 is 0 Å². The Morgan fingerprint density at radius 2 is 2.12 bits per heavy atom. The standard InChI is InChI=1S/C5H7F2N/c6-4-3-1-2-8(3)5(4)7/h3-5H,1-2H2. The molecule has 0 bridgehead atoms. The monoisotopic (exact) mass is 119 g/mol. The van der Waals surface area contributed by atoms with E-state index in [1.165, 1.54) is 0 Å². The Kier molecular flexibility index (Phi) is 0.707. The van der Waals surface area contributed by atoms with Gasteiger partial charge in [0.1, 0.15) is 0 Å². The molecule has 3 atom stereocenters. The third kappa shape index (κ3) is 0.312. The van der Waals surface area contributed by atoms with Crippen LogP contribution < -0.4 is 0 Å². The van der Waals surface area contributed by atoms with Crippen LogP contribution in [0.3, 0.4) is 0 Å². The summed E-state index contributed by atoms with van der Waals surface area (Å²) in [5.74, 6) is 0. The van der Waals surface area contributed by atoms with Crippen LogP contribution >= 0.6 is 0 Å². The highest BCUT2D eigenvalue weighted by atomic mass is 19.2. The van der Waals surface area contributed by atoms with Crippen molar-refractivity contribution in [2.75, 3.05) is 6.54 Å². The smallest absolute Gasteiger partial charge is 0.186 e. The highest BCUT2D eigenvalue weighted by Gasteiger charge is 2.54. The summed E-state index contributed by atoms with van der Waals surface area (Å²) in [5.41, 5.74) is 0. The van der Waals surface area contributed by atoms with Gasteiger partial charge in [0.15, 0.2) is 12.5 Å². The molecular weight excluding hydrogens is 112 g/mol. The van der Waals surface area contributed by atoms with E-state index >= 15 is 0 Å². The molecule has 0 radical (unpaired) electrons. The third-order valence-corrected chi connectivity index (χ3v) is 2.06. The molecule has 2 fully saturated rings. The lowest BCUT2D eigenvalue weighted by molar-refractivity contribution is -0.192. The highest BCUT2D eigenvalue weighted by Crippen LogP contribution is 2.39.